The Hall–Kier alpha value is -1.56. The van der Waals surface area contributed by atoms with Gasteiger partial charge in [-0.2, -0.15) is 0 Å². The first-order valence-electron chi connectivity index (χ1n) is 5.35. The van der Waals surface area contributed by atoms with Crippen molar-refractivity contribution in [3.8, 4) is 0 Å². The number of rotatable bonds is 6. The van der Waals surface area contributed by atoms with Crippen molar-refractivity contribution >= 4 is 33.6 Å². The number of nitrogens with zero attached hydrogens (tertiary/aromatic N) is 1. The molecule has 0 heterocycles. The Morgan fingerprint density at radius 2 is 1.94 bits per heavy atom. The van der Waals surface area contributed by atoms with Gasteiger partial charge in [0.1, 0.15) is 6.54 Å². The van der Waals surface area contributed by atoms with Gasteiger partial charge < -0.3 is 15.1 Å². The summed E-state index contributed by atoms with van der Waals surface area (Å²) in [5.41, 5.74) is 1.68. The molecule has 0 amide bonds. The van der Waals surface area contributed by atoms with Crippen molar-refractivity contribution in [2.45, 2.75) is 13.3 Å². The summed E-state index contributed by atoms with van der Waals surface area (Å²) in [4.78, 5) is 22.9. The first-order valence-corrected chi connectivity index (χ1v) is 6.14. The summed E-state index contributed by atoms with van der Waals surface area (Å²) in [6.07, 6.45) is -0.0948. The Bertz CT molecular complexity index is 461. The maximum Gasteiger partial charge on any atom is 0.323 e. The lowest BCUT2D eigenvalue weighted by molar-refractivity contribution is -0.138. The molecule has 0 saturated heterocycles. The predicted molar refractivity (Wildman–Crippen MR) is 71.0 cm³/mol. The first kappa shape index (κ1) is 14.5. The van der Waals surface area contributed by atoms with Crippen molar-refractivity contribution < 1.29 is 19.8 Å². The van der Waals surface area contributed by atoms with Crippen molar-refractivity contribution in [1.29, 1.82) is 0 Å². The molecule has 6 heteroatoms. The number of aliphatic carboxylic acids is 2. The van der Waals surface area contributed by atoms with Crippen molar-refractivity contribution in [3.63, 3.8) is 0 Å². The zero-order valence-electron chi connectivity index (χ0n) is 9.89. The Labute approximate surface area is 113 Å². The number of hydrogen-bond donors (Lipinski definition) is 2. The average molecular weight is 316 g/mol. The highest BCUT2D eigenvalue weighted by molar-refractivity contribution is 9.10. The maximum atomic E-state index is 10.8. The van der Waals surface area contributed by atoms with Gasteiger partial charge in [0, 0.05) is 16.7 Å². The topological polar surface area (TPSA) is 77.8 Å². The van der Waals surface area contributed by atoms with Gasteiger partial charge >= 0.3 is 11.9 Å². The number of carboxylic acids is 2. The lowest BCUT2D eigenvalue weighted by atomic mass is 10.2. The molecular weight excluding hydrogens is 302 g/mol. The van der Waals surface area contributed by atoms with E-state index in [2.05, 4.69) is 15.9 Å². The Balaban J connectivity index is 2.89. The van der Waals surface area contributed by atoms with Gasteiger partial charge in [0.25, 0.3) is 0 Å². The van der Waals surface area contributed by atoms with Gasteiger partial charge in [0.15, 0.2) is 0 Å². The molecule has 0 aliphatic carbocycles. The number of carbonyl (C=O) groups is 2. The Morgan fingerprint density at radius 3 is 2.44 bits per heavy atom. The normalized spacial score (nSPS) is 10.1. The number of carboxylic acid groups (broad SMARTS) is 2. The molecule has 0 aliphatic heterocycles. The van der Waals surface area contributed by atoms with E-state index in [9.17, 15) is 9.59 Å². The van der Waals surface area contributed by atoms with Crippen molar-refractivity contribution in [3.05, 3.63) is 28.2 Å². The molecule has 98 valence electrons. The highest BCUT2D eigenvalue weighted by Gasteiger charge is 2.13. The van der Waals surface area contributed by atoms with Crippen molar-refractivity contribution in [2.24, 2.45) is 0 Å². The summed E-state index contributed by atoms with van der Waals surface area (Å²) in [6.45, 7) is 1.85. The smallest absolute Gasteiger partial charge is 0.323 e. The molecule has 0 aliphatic rings. The van der Waals surface area contributed by atoms with Gasteiger partial charge in [-0.25, -0.2) is 0 Å². The summed E-state index contributed by atoms with van der Waals surface area (Å²) in [5.74, 6) is -1.93. The van der Waals surface area contributed by atoms with Gasteiger partial charge in [-0.1, -0.05) is 15.9 Å². The standard InChI is InChI=1S/C12H14BrNO4/c1-8-6-9(2-3-10(8)13)14(7-12(17)18)5-4-11(15)16/h2-3,6H,4-5,7H2,1H3,(H,15,16)(H,17,18). The fraction of sp³-hybridized carbons (Fsp3) is 0.333. The van der Waals surface area contributed by atoms with Crippen LogP contribution in [0.1, 0.15) is 12.0 Å². The molecule has 1 aromatic carbocycles. The minimum atomic E-state index is -0.985. The minimum Gasteiger partial charge on any atom is -0.481 e. The second-order valence-electron chi connectivity index (χ2n) is 3.89. The van der Waals surface area contributed by atoms with Gasteiger partial charge in [-0.3, -0.25) is 9.59 Å². The molecule has 0 unspecified atom stereocenters. The zero-order chi connectivity index (χ0) is 13.7. The van der Waals surface area contributed by atoms with Crippen LogP contribution in [0, 0.1) is 6.92 Å². The number of aryl methyl sites for hydroxylation is 1. The summed E-state index contributed by atoms with van der Waals surface area (Å²) >= 11 is 3.36. The summed E-state index contributed by atoms with van der Waals surface area (Å²) in [7, 11) is 0. The van der Waals surface area contributed by atoms with E-state index < -0.39 is 11.9 Å². The summed E-state index contributed by atoms with van der Waals surface area (Å²) < 4.78 is 0.930. The molecular formula is C12H14BrNO4. The van der Waals surface area contributed by atoms with E-state index >= 15 is 0 Å². The Kier molecular flexibility index (Phi) is 5.15. The van der Waals surface area contributed by atoms with Crippen molar-refractivity contribution in [2.75, 3.05) is 18.0 Å². The fourth-order valence-corrected chi connectivity index (χ4v) is 1.77. The molecule has 0 bridgehead atoms. The van der Waals surface area contributed by atoms with Crippen LogP contribution >= 0.6 is 15.9 Å². The van der Waals surface area contributed by atoms with Crippen LogP contribution in [0.2, 0.25) is 0 Å². The van der Waals surface area contributed by atoms with Crippen LogP contribution < -0.4 is 4.90 Å². The number of benzene rings is 1. The molecule has 0 radical (unpaired) electrons. The van der Waals surface area contributed by atoms with Gasteiger partial charge in [-0.05, 0) is 30.7 Å². The quantitative estimate of drug-likeness (QED) is 0.840. The molecule has 0 fully saturated rings. The van der Waals surface area contributed by atoms with Gasteiger partial charge in [-0.15, -0.1) is 0 Å². The van der Waals surface area contributed by atoms with Crippen LogP contribution in [0.5, 0.6) is 0 Å². The van der Waals surface area contributed by atoms with E-state index in [1.165, 1.54) is 4.90 Å². The van der Waals surface area contributed by atoms with Gasteiger partial charge in [0.05, 0.1) is 6.42 Å². The van der Waals surface area contributed by atoms with Crippen LogP contribution in [-0.2, 0) is 9.59 Å². The second-order valence-corrected chi connectivity index (χ2v) is 4.75. The van der Waals surface area contributed by atoms with Crippen molar-refractivity contribution in [1.82, 2.24) is 0 Å². The molecule has 0 spiro atoms. The van der Waals surface area contributed by atoms with Gasteiger partial charge in [0.2, 0.25) is 0 Å². The largest absolute Gasteiger partial charge is 0.481 e. The van der Waals surface area contributed by atoms with E-state index in [-0.39, 0.29) is 19.5 Å². The van der Waals surface area contributed by atoms with Crippen LogP contribution in [0.15, 0.2) is 22.7 Å². The molecule has 0 saturated carbocycles. The van der Waals surface area contributed by atoms with Crippen LogP contribution in [0.4, 0.5) is 5.69 Å². The highest BCUT2D eigenvalue weighted by Crippen LogP contribution is 2.23. The fourth-order valence-electron chi connectivity index (χ4n) is 1.52. The summed E-state index contributed by atoms with van der Waals surface area (Å²) in [6, 6.07) is 5.41. The summed E-state index contributed by atoms with van der Waals surface area (Å²) in [5, 5.41) is 17.5. The molecule has 2 N–H and O–H groups in total. The van der Waals surface area contributed by atoms with E-state index in [1.807, 2.05) is 19.1 Å². The van der Waals surface area contributed by atoms with Crippen LogP contribution in [-0.4, -0.2) is 35.2 Å². The SMILES string of the molecule is Cc1cc(N(CCC(=O)O)CC(=O)O)ccc1Br. The monoisotopic (exact) mass is 315 g/mol. The van der Waals surface area contributed by atoms with Crippen LogP contribution in [0.3, 0.4) is 0 Å². The lowest BCUT2D eigenvalue weighted by Crippen LogP contribution is -2.31. The third kappa shape index (κ3) is 4.37. The molecule has 0 atom stereocenters. The van der Waals surface area contributed by atoms with Crippen LogP contribution in [0.25, 0.3) is 0 Å². The maximum absolute atomic E-state index is 10.8. The second kappa shape index (κ2) is 6.39. The Morgan fingerprint density at radius 1 is 1.28 bits per heavy atom. The first-order chi connectivity index (χ1) is 8.40. The highest BCUT2D eigenvalue weighted by atomic mass is 79.9. The molecule has 18 heavy (non-hydrogen) atoms. The number of anilines is 1. The zero-order valence-corrected chi connectivity index (χ0v) is 11.5. The third-order valence-corrected chi connectivity index (χ3v) is 3.32. The molecule has 0 aromatic heterocycles. The predicted octanol–water partition coefficient (Wildman–Crippen LogP) is 2.12. The van der Waals surface area contributed by atoms with E-state index in [0.717, 1.165) is 10.0 Å². The molecule has 1 rings (SSSR count). The van der Waals surface area contributed by atoms with E-state index in [1.54, 1.807) is 6.07 Å². The van der Waals surface area contributed by atoms with E-state index in [0.29, 0.717) is 5.69 Å². The number of halogens is 1. The average Bonchev–Trinajstić information content (AvgIpc) is 2.27. The molecule has 5 nitrogen and oxygen atoms in total. The minimum absolute atomic E-state index is 0.0948. The number of hydrogen-bond acceptors (Lipinski definition) is 3. The van der Waals surface area contributed by atoms with E-state index in [4.69, 9.17) is 10.2 Å². The lowest BCUT2D eigenvalue weighted by Gasteiger charge is -2.22. The molecule has 1 aromatic rings. The third-order valence-electron chi connectivity index (χ3n) is 2.43.